The maximum Gasteiger partial charge on any atom is 0.244 e. The second kappa shape index (κ2) is 5.97. The molecule has 1 atom stereocenters. The predicted octanol–water partition coefficient (Wildman–Crippen LogP) is 2.37. The molecule has 7 heteroatoms. The van der Waals surface area contributed by atoms with E-state index in [2.05, 4.69) is 5.32 Å². The van der Waals surface area contributed by atoms with Crippen LogP contribution in [0.25, 0.3) is 0 Å². The van der Waals surface area contributed by atoms with Crippen LogP contribution in [-0.2, 0) is 10.0 Å². The normalized spacial score (nSPS) is 20.9. The molecule has 0 amide bonds. The van der Waals surface area contributed by atoms with E-state index in [1.54, 1.807) is 6.07 Å². The minimum atomic E-state index is -3.55. The number of benzene rings is 1. The third-order valence-corrected chi connectivity index (χ3v) is 5.91. The third kappa shape index (κ3) is 3.06. The van der Waals surface area contributed by atoms with Crippen LogP contribution >= 0.6 is 23.2 Å². The fourth-order valence-corrected chi connectivity index (χ4v) is 4.82. The van der Waals surface area contributed by atoms with E-state index in [1.165, 1.54) is 16.4 Å². The molecule has 1 aromatic rings. The lowest BCUT2D eigenvalue weighted by Crippen LogP contribution is -2.40. The predicted molar refractivity (Wildman–Crippen MR) is 77.3 cm³/mol. The van der Waals surface area contributed by atoms with Crippen LogP contribution in [0.2, 0.25) is 10.0 Å². The quantitative estimate of drug-likeness (QED) is 0.925. The maximum atomic E-state index is 12.6. The van der Waals surface area contributed by atoms with Crippen LogP contribution in [0.4, 0.5) is 0 Å². The highest BCUT2D eigenvalue weighted by Crippen LogP contribution is 2.31. The first kappa shape index (κ1) is 15.1. The summed E-state index contributed by atoms with van der Waals surface area (Å²) >= 11 is 11.8. The molecule has 0 radical (unpaired) electrons. The summed E-state index contributed by atoms with van der Waals surface area (Å²) in [6, 6.07) is 4.46. The van der Waals surface area contributed by atoms with Crippen LogP contribution in [0.1, 0.15) is 12.8 Å². The molecule has 2 rings (SSSR count). The summed E-state index contributed by atoms with van der Waals surface area (Å²) in [5.74, 6) is 0. The van der Waals surface area contributed by atoms with Crippen LogP contribution < -0.4 is 5.32 Å². The molecule has 19 heavy (non-hydrogen) atoms. The molecule has 1 aromatic carbocycles. The van der Waals surface area contributed by atoms with Gasteiger partial charge in [0.2, 0.25) is 10.0 Å². The van der Waals surface area contributed by atoms with Crippen molar-refractivity contribution >= 4 is 33.2 Å². The van der Waals surface area contributed by atoms with Crippen molar-refractivity contribution in [2.75, 3.05) is 20.1 Å². The molecule has 1 N–H and O–H groups in total. The number of nitrogens with one attached hydrogen (secondary N) is 1. The number of hydrogen-bond acceptors (Lipinski definition) is 3. The van der Waals surface area contributed by atoms with Crippen LogP contribution in [0, 0.1) is 0 Å². The molecule has 1 heterocycles. The maximum absolute atomic E-state index is 12.6. The van der Waals surface area contributed by atoms with Crippen molar-refractivity contribution in [1.82, 2.24) is 9.62 Å². The Hall–Kier alpha value is -0.330. The number of rotatable bonds is 4. The number of sulfonamides is 1. The van der Waals surface area contributed by atoms with Gasteiger partial charge in [0.15, 0.2) is 0 Å². The lowest BCUT2D eigenvalue weighted by molar-refractivity contribution is 0.379. The largest absolute Gasteiger partial charge is 0.318 e. The van der Waals surface area contributed by atoms with Gasteiger partial charge in [-0.1, -0.05) is 23.2 Å². The Morgan fingerprint density at radius 1 is 1.42 bits per heavy atom. The van der Waals surface area contributed by atoms with E-state index in [9.17, 15) is 8.42 Å². The molecule has 4 nitrogen and oxygen atoms in total. The Labute approximate surface area is 123 Å². The highest BCUT2D eigenvalue weighted by molar-refractivity contribution is 7.89. The molecular weight excluding hydrogens is 307 g/mol. The zero-order valence-corrected chi connectivity index (χ0v) is 12.9. The van der Waals surface area contributed by atoms with Crippen LogP contribution in [0.15, 0.2) is 23.1 Å². The first-order valence-electron chi connectivity index (χ1n) is 6.08. The topological polar surface area (TPSA) is 49.4 Å². The summed E-state index contributed by atoms with van der Waals surface area (Å²) in [6.07, 6.45) is 1.74. The van der Waals surface area contributed by atoms with Gasteiger partial charge in [-0.25, -0.2) is 8.42 Å². The van der Waals surface area contributed by atoms with Crippen molar-refractivity contribution in [3.63, 3.8) is 0 Å². The molecule has 0 aliphatic carbocycles. The molecule has 0 bridgehead atoms. The second-order valence-corrected chi connectivity index (χ2v) is 7.25. The van der Waals surface area contributed by atoms with Crippen LogP contribution in [0.3, 0.4) is 0 Å². The number of likely N-dealkylation sites (N-methyl/N-ethyl adjacent to an activating group) is 1. The zero-order chi connectivity index (χ0) is 14.0. The fraction of sp³-hybridized carbons (Fsp3) is 0.500. The van der Waals surface area contributed by atoms with Crippen molar-refractivity contribution in [3.8, 4) is 0 Å². The molecule has 1 unspecified atom stereocenters. The van der Waals surface area contributed by atoms with E-state index in [-0.39, 0.29) is 16.0 Å². The zero-order valence-electron chi connectivity index (χ0n) is 10.6. The van der Waals surface area contributed by atoms with E-state index in [1.807, 2.05) is 7.05 Å². The van der Waals surface area contributed by atoms with Gasteiger partial charge in [-0.15, -0.1) is 0 Å². The lowest BCUT2D eigenvalue weighted by atomic mass is 10.2. The van der Waals surface area contributed by atoms with E-state index in [4.69, 9.17) is 23.2 Å². The van der Waals surface area contributed by atoms with Crippen molar-refractivity contribution in [2.24, 2.45) is 0 Å². The molecule has 106 valence electrons. The number of nitrogens with zero attached hydrogens (tertiary/aromatic N) is 1. The van der Waals surface area contributed by atoms with E-state index >= 15 is 0 Å². The SMILES string of the molecule is CNCC1CCCN1S(=O)(=O)c1ccc(Cl)cc1Cl. The number of halogens is 2. The van der Waals surface area contributed by atoms with Gasteiger partial charge < -0.3 is 5.32 Å². The number of hydrogen-bond donors (Lipinski definition) is 1. The average Bonchev–Trinajstić information content (AvgIpc) is 2.78. The molecule has 1 aliphatic heterocycles. The summed E-state index contributed by atoms with van der Waals surface area (Å²) in [5.41, 5.74) is 0. The summed E-state index contributed by atoms with van der Waals surface area (Å²) in [5, 5.41) is 3.62. The van der Waals surface area contributed by atoms with Gasteiger partial charge >= 0.3 is 0 Å². The molecule has 0 aromatic heterocycles. The summed E-state index contributed by atoms with van der Waals surface area (Å²) in [6.45, 7) is 1.18. The highest BCUT2D eigenvalue weighted by Gasteiger charge is 2.35. The molecule has 0 spiro atoms. The van der Waals surface area contributed by atoms with Crippen molar-refractivity contribution in [2.45, 2.75) is 23.8 Å². The Morgan fingerprint density at radius 3 is 2.79 bits per heavy atom. The summed E-state index contributed by atoms with van der Waals surface area (Å²) < 4.78 is 26.8. The first-order chi connectivity index (χ1) is 8.96. The van der Waals surface area contributed by atoms with Crippen molar-refractivity contribution in [3.05, 3.63) is 28.2 Å². The lowest BCUT2D eigenvalue weighted by Gasteiger charge is -2.24. The van der Waals surface area contributed by atoms with Crippen LogP contribution in [-0.4, -0.2) is 38.9 Å². The standard InChI is InChI=1S/C12H16Cl2N2O2S/c1-15-8-10-3-2-6-16(10)19(17,18)12-5-4-9(13)7-11(12)14/h4-5,7,10,15H,2-3,6,8H2,1H3. The van der Waals surface area contributed by atoms with Gasteiger partial charge in [-0.05, 0) is 38.1 Å². The first-order valence-corrected chi connectivity index (χ1v) is 8.28. The van der Waals surface area contributed by atoms with Gasteiger partial charge in [0, 0.05) is 24.2 Å². The minimum Gasteiger partial charge on any atom is -0.318 e. The summed E-state index contributed by atoms with van der Waals surface area (Å²) in [7, 11) is -1.74. The Kier molecular flexibility index (Phi) is 4.74. The Bertz CT molecular complexity index is 563. The second-order valence-electron chi connectivity index (χ2n) is 4.54. The average molecular weight is 323 g/mol. The highest BCUT2D eigenvalue weighted by atomic mass is 35.5. The van der Waals surface area contributed by atoms with Gasteiger partial charge in [-0.2, -0.15) is 4.31 Å². The molecule has 0 saturated carbocycles. The molecule has 1 fully saturated rings. The van der Waals surface area contributed by atoms with Gasteiger partial charge in [0.1, 0.15) is 4.90 Å². The van der Waals surface area contributed by atoms with Crippen molar-refractivity contribution < 1.29 is 8.42 Å². The van der Waals surface area contributed by atoms with Crippen molar-refractivity contribution in [1.29, 1.82) is 0 Å². The van der Waals surface area contributed by atoms with Crippen LogP contribution in [0.5, 0.6) is 0 Å². The van der Waals surface area contributed by atoms with Gasteiger partial charge in [-0.3, -0.25) is 0 Å². The fourth-order valence-electron chi connectivity index (χ4n) is 2.38. The van der Waals surface area contributed by atoms with Gasteiger partial charge in [0.05, 0.1) is 5.02 Å². The van der Waals surface area contributed by atoms with Gasteiger partial charge in [0.25, 0.3) is 0 Å². The molecule has 1 saturated heterocycles. The third-order valence-electron chi connectivity index (χ3n) is 3.24. The Balaban J connectivity index is 2.36. The monoisotopic (exact) mass is 322 g/mol. The van der Waals surface area contributed by atoms with E-state index in [0.717, 1.165) is 12.8 Å². The summed E-state index contributed by atoms with van der Waals surface area (Å²) in [4.78, 5) is 0.126. The Morgan fingerprint density at radius 2 is 2.16 bits per heavy atom. The minimum absolute atomic E-state index is 0.0123. The van der Waals surface area contributed by atoms with E-state index < -0.39 is 10.0 Å². The smallest absolute Gasteiger partial charge is 0.244 e. The van der Waals surface area contributed by atoms with E-state index in [0.29, 0.717) is 18.1 Å². The molecule has 1 aliphatic rings. The molecular formula is C12H16Cl2N2O2S.